The molecule has 0 bridgehead atoms. The lowest BCUT2D eigenvalue weighted by Gasteiger charge is -2.24. The molecular weight excluding hydrogens is 324 g/mol. The van der Waals surface area contributed by atoms with Gasteiger partial charge in [-0.05, 0) is 65.1 Å². The molecule has 2 heterocycles. The van der Waals surface area contributed by atoms with Crippen LogP contribution in [0, 0.1) is 25.7 Å². The van der Waals surface area contributed by atoms with Gasteiger partial charge in [0.25, 0.3) is 0 Å². The van der Waals surface area contributed by atoms with Gasteiger partial charge in [0.05, 0.1) is 5.69 Å². The lowest BCUT2D eigenvalue weighted by Crippen LogP contribution is -2.36. The number of hydrogen-bond acceptors (Lipinski definition) is 3. The topological polar surface area (TPSA) is 41.4 Å². The Hall–Kier alpha value is -1.07. The summed E-state index contributed by atoms with van der Waals surface area (Å²) < 4.78 is 2.02. The predicted octanol–water partition coefficient (Wildman–Crippen LogP) is 2.50. The molecule has 1 amide bonds. The average molecular weight is 355 g/mol. The molecule has 2 atom stereocenters. The molecule has 1 aromatic rings. The Bertz CT molecular complexity index is 557. The van der Waals surface area contributed by atoms with Crippen LogP contribution >= 0.6 is 12.4 Å². The van der Waals surface area contributed by atoms with Crippen LogP contribution < -0.4 is 0 Å². The number of likely N-dealkylation sites (tertiary alicyclic amines) is 1. The maximum Gasteiger partial charge on any atom is 0.222 e. The minimum Gasteiger partial charge on any atom is -0.341 e. The molecule has 3 rings (SSSR count). The van der Waals surface area contributed by atoms with Crippen molar-refractivity contribution in [3.8, 4) is 0 Å². The van der Waals surface area contributed by atoms with E-state index < -0.39 is 0 Å². The van der Waals surface area contributed by atoms with Crippen molar-refractivity contribution in [2.24, 2.45) is 11.8 Å². The zero-order chi connectivity index (χ0) is 16.6. The van der Waals surface area contributed by atoms with Gasteiger partial charge in [0.15, 0.2) is 0 Å². The van der Waals surface area contributed by atoms with Gasteiger partial charge in [-0.2, -0.15) is 5.10 Å². The molecule has 1 aliphatic carbocycles. The molecule has 6 heteroatoms. The first kappa shape index (κ1) is 19.3. The molecular formula is C18H31ClN4O. The van der Waals surface area contributed by atoms with Gasteiger partial charge >= 0.3 is 0 Å². The van der Waals surface area contributed by atoms with E-state index in [0.717, 1.165) is 37.7 Å². The van der Waals surface area contributed by atoms with Crippen molar-refractivity contribution in [3.63, 3.8) is 0 Å². The number of hydrogen-bond donors (Lipinski definition) is 0. The third-order valence-electron chi connectivity index (χ3n) is 5.44. The van der Waals surface area contributed by atoms with Crippen LogP contribution in [0.4, 0.5) is 0 Å². The fraction of sp³-hybridized carbons (Fsp3) is 0.778. The van der Waals surface area contributed by atoms with E-state index in [1.165, 1.54) is 18.5 Å². The highest BCUT2D eigenvalue weighted by atomic mass is 35.5. The highest BCUT2D eigenvalue weighted by Crippen LogP contribution is 2.42. The Morgan fingerprint density at radius 1 is 1.29 bits per heavy atom. The van der Waals surface area contributed by atoms with E-state index in [1.807, 2.05) is 11.6 Å². The molecule has 2 aliphatic rings. The van der Waals surface area contributed by atoms with Crippen molar-refractivity contribution in [1.29, 1.82) is 0 Å². The summed E-state index contributed by atoms with van der Waals surface area (Å²) in [5, 5.41) is 4.47. The summed E-state index contributed by atoms with van der Waals surface area (Å²) in [6.45, 7) is 6.80. The number of aromatic nitrogens is 2. The predicted molar refractivity (Wildman–Crippen MR) is 98.5 cm³/mol. The largest absolute Gasteiger partial charge is 0.341 e. The van der Waals surface area contributed by atoms with Crippen LogP contribution in [0.2, 0.25) is 0 Å². The first-order chi connectivity index (χ1) is 11.0. The summed E-state index contributed by atoms with van der Waals surface area (Å²) in [4.78, 5) is 17.0. The SMILES string of the molecule is Cc1cc(C)n(CCCC(=O)N2C[C@H](C3CC3)[C@@H](N(C)C)C2)n1.Cl. The van der Waals surface area contributed by atoms with Gasteiger partial charge in [-0.1, -0.05) is 0 Å². The van der Waals surface area contributed by atoms with Crippen molar-refractivity contribution in [3.05, 3.63) is 17.5 Å². The highest BCUT2D eigenvalue weighted by molar-refractivity contribution is 5.85. The number of carbonyl (C=O) groups excluding carboxylic acids is 1. The van der Waals surface area contributed by atoms with Crippen LogP contribution in [-0.4, -0.2) is 58.7 Å². The van der Waals surface area contributed by atoms with E-state index in [9.17, 15) is 4.79 Å². The third-order valence-corrected chi connectivity index (χ3v) is 5.44. The molecule has 1 aliphatic heterocycles. The van der Waals surface area contributed by atoms with Gasteiger partial charge in [0.2, 0.25) is 5.91 Å². The van der Waals surface area contributed by atoms with E-state index in [0.29, 0.717) is 24.3 Å². The summed E-state index contributed by atoms with van der Waals surface area (Å²) in [6, 6.07) is 2.63. The second-order valence-corrected chi connectivity index (χ2v) is 7.58. The first-order valence-corrected chi connectivity index (χ1v) is 8.91. The Morgan fingerprint density at radius 2 is 2.00 bits per heavy atom. The summed E-state index contributed by atoms with van der Waals surface area (Å²) >= 11 is 0. The molecule has 0 aromatic carbocycles. The van der Waals surface area contributed by atoms with Crippen molar-refractivity contribution < 1.29 is 4.79 Å². The first-order valence-electron chi connectivity index (χ1n) is 8.91. The van der Waals surface area contributed by atoms with Crippen LogP contribution in [0.25, 0.3) is 0 Å². The highest BCUT2D eigenvalue weighted by Gasteiger charge is 2.44. The second-order valence-electron chi connectivity index (χ2n) is 7.58. The number of halogens is 1. The quantitative estimate of drug-likeness (QED) is 0.788. The van der Waals surface area contributed by atoms with E-state index in [1.54, 1.807) is 0 Å². The summed E-state index contributed by atoms with van der Waals surface area (Å²) in [7, 11) is 4.30. The Morgan fingerprint density at radius 3 is 2.54 bits per heavy atom. The average Bonchev–Trinajstić information content (AvgIpc) is 3.14. The van der Waals surface area contributed by atoms with Crippen LogP contribution in [0.3, 0.4) is 0 Å². The summed E-state index contributed by atoms with van der Waals surface area (Å²) in [6.07, 6.45) is 4.22. The van der Waals surface area contributed by atoms with Crippen molar-refractivity contribution >= 4 is 18.3 Å². The van der Waals surface area contributed by atoms with Gasteiger partial charge in [-0.25, -0.2) is 0 Å². The number of carbonyl (C=O) groups is 1. The van der Waals surface area contributed by atoms with Gasteiger partial charge in [0, 0.05) is 37.8 Å². The smallest absolute Gasteiger partial charge is 0.222 e. The lowest BCUT2D eigenvalue weighted by atomic mass is 9.97. The van der Waals surface area contributed by atoms with Crippen molar-refractivity contribution in [2.45, 2.75) is 52.1 Å². The maximum atomic E-state index is 12.6. The lowest BCUT2D eigenvalue weighted by molar-refractivity contribution is -0.130. The molecule has 0 N–H and O–H groups in total. The molecule has 5 nitrogen and oxygen atoms in total. The second kappa shape index (κ2) is 7.87. The van der Waals surface area contributed by atoms with Crippen LogP contribution in [-0.2, 0) is 11.3 Å². The summed E-state index contributed by atoms with van der Waals surface area (Å²) in [5.74, 6) is 1.86. The monoisotopic (exact) mass is 354 g/mol. The van der Waals surface area contributed by atoms with Gasteiger partial charge in [0.1, 0.15) is 0 Å². The van der Waals surface area contributed by atoms with E-state index >= 15 is 0 Å². The minimum atomic E-state index is 0. The van der Waals surface area contributed by atoms with Crippen molar-refractivity contribution in [2.75, 3.05) is 27.2 Å². The fourth-order valence-corrected chi connectivity index (χ4v) is 3.99. The molecule has 24 heavy (non-hydrogen) atoms. The Labute approximate surface area is 151 Å². The fourth-order valence-electron chi connectivity index (χ4n) is 3.99. The molecule has 0 spiro atoms. The standard InChI is InChI=1S/C18H30N4O.ClH/c1-13-10-14(2)22(19-13)9-5-6-18(23)21-11-16(15-7-8-15)17(12-21)20(3)4;/h10,15-17H,5-9,11-12H2,1-4H3;1H/t16-,17+;/m1./s1. The molecule has 1 saturated carbocycles. The zero-order valence-corrected chi connectivity index (χ0v) is 16.2. The van der Waals surface area contributed by atoms with Crippen LogP contribution in [0.1, 0.15) is 37.1 Å². The van der Waals surface area contributed by atoms with Crippen LogP contribution in [0.15, 0.2) is 6.07 Å². The van der Waals surface area contributed by atoms with Crippen molar-refractivity contribution in [1.82, 2.24) is 19.6 Å². The third kappa shape index (κ3) is 4.31. The van der Waals surface area contributed by atoms with Gasteiger partial charge in [-0.3, -0.25) is 9.48 Å². The molecule has 0 unspecified atom stereocenters. The van der Waals surface area contributed by atoms with Crippen LogP contribution in [0.5, 0.6) is 0 Å². The zero-order valence-electron chi connectivity index (χ0n) is 15.4. The number of nitrogens with zero attached hydrogens (tertiary/aromatic N) is 4. The minimum absolute atomic E-state index is 0. The van der Waals surface area contributed by atoms with Gasteiger partial charge < -0.3 is 9.80 Å². The number of amides is 1. The molecule has 1 saturated heterocycles. The number of likely N-dealkylation sites (N-methyl/N-ethyl adjacent to an activating group) is 1. The van der Waals surface area contributed by atoms with E-state index in [4.69, 9.17) is 0 Å². The summed E-state index contributed by atoms with van der Waals surface area (Å²) in [5.41, 5.74) is 2.23. The number of rotatable bonds is 6. The Balaban J connectivity index is 0.00000208. The maximum absolute atomic E-state index is 12.6. The van der Waals surface area contributed by atoms with E-state index in [2.05, 4.69) is 42.0 Å². The molecule has 0 radical (unpaired) electrons. The Kier molecular flexibility index (Phi) is 6.32. The van der Waals surface area contributed by atoms with E-state index in [-0.39, 0.29) is 12.4 Å². The molecule has 2 fully saturated rings. The number of aryl methyl sites for hydroxylation is 3. The molecule has 1 aromatic heterocycles. The van der Waals surface area contributed by atoms with Gasteiger partial charge in [-0.15, -0.1) is 12.4 Å². The molecule has 136 valence electrons. The normalized spacial score (nSPS) is 23.6.